The number of carbonyl (C=O) groups is 1. The van der Waals surface area contributed by atoms with Crippen molar-refractivity contribution in [1.29, 1.82) is 0 Å². The molecule has 42 heavy (non-hydrogen) atoms. The van der Waals surface area contributed by atoms with Crippen LogP contribution < -0.4 is 14.8 Å². The van der Waals surface area contributed by atoms with E-state index in [1.165, 1.54) is 11.1 Å². The van der Waals surface area contributed by atoms with Crippen LogP contribution in [0.4, 0.5) is 5.69 Å². The minimum absolute atomic E-state index is 0.0388. The molecule has 0 amide bonds. The lowest BCUT2D eigenvalue weighted by atomic mass is 9.68. The second kappa shape index (κ2) is 11.4. The zero-order chi connectivity index (χ0) is 29.6. The quantitative estimate of drug-likeness (QED) is 0.420. The highest BCUT2D eigenvalue weighted by atomic mass is 35.5. The number of rotatable bonds is 8. The molecule has 2 aromatic rings. The van der Waals surface area contributed by atoms with Crippen LogP contribution in [0.2, 0.25) is 5.02 Å². The third kappa shape index (κ3) is 5.73. The summed E-state index contributed by atoms with van der Waals surface area (Å²) in [5.41, 5.74) is 4.24. The van der Waals surface area contributed by atoms with Gasteiger partial charge in [-0.3, -0.25) is 0 Å². The second-order valence-electron chi connectivity index (χ2n) is 12.5. The maximum Gasteiger partial charge on any atom is 0.335 e. The number of halogens is 1. The van der Waals surface area contributed by atoms with Crippen LogP contribution in [0, 0.1) is 11.8 Å². The van der Waals surface area contributed by atoms with Gasteiger partial charge in [-0.2, -0.15) is 0 Å². The molecule has 2 heterocycles. The molecule has 6 rings (SSSR count). The number of anilines is 1. The molecule has 2 aromatic carbocycles. The minimum atomic E-state index is -3.57. The average Bonchev–Trinajstić information content (AvgIpc) is 3.33. The van der Waals surface area contributed by atoms with Crippen molar-refractivity contribution in [2.24, 2.45) is 22.1 Å². The van der Waals surface area contributed by atoms with Crippen LogP contribution in [-0.2, 0) is 26.7 Å². The van der Waals surface area contributed by atoms with Crippen LogP contribution in [0.3, 0.4) is 0 Å². The normalized spacial score (nSPS) is 27.5. The van der Waals surface area contributed by atoms with E-state index in [1.54, 1.807) is 25.1 Å². The highest BCUT2D eigenvalue weighted by Gasteiger charge is 2.45. The van der Waals surface area contributed by atoms with Crippen molar-refractivity contribution >= 4 is 39.0 Å². The number of nitrogens with zero attached hydrogens (tertiary/aromatic N) is 2. The van der Waals surface area contributed by atoms with Crippen LogP contribution in [0.5, 0.6) is 5.75 Å². The first-order valence-electron chi connectivity index (χ1n) is 14.8. The molecule has 4 aliphatic rings. The summed E-state index contributed by atoms with van der Waals surface area (Å²) in [6.45, 7) is 3.62. The fraction of sp³-hybridized carbons (Fsp3) is 0.548. The van der Waals surface area contributed by atoms with E-state index in [1.807, 2.05) is 6.07 Å². The smallest absolute Gasteiger partial charge is 0.335 e. The monoisotopic (exact) mass is 615 g/mol. The Morgan fingerprint density at radius 1 is 1.26 bits per heavy atom. The number of ether oxygens (including phenoxy) is 1. The molecule has 0 radical (unpaired) electrons. The SMILES string of the molecule is C[C@H](CCC1=NO[C@H]([C@@H]2CC[C@H]2CN2CC3(CCCc4cc(Cl)ccc43)COc3ccc(C(=O)O)cc32)C1)S(N)(=O)=O. The summed E-state index contributed by atoms with van der Waals surface area (Å²) >= 11 is 6.37. The van der Waals surface area contributed by atoms with Crippen molar-refractivity contribution in [1.82, 2.24) is 0 Å². The number of oxime groups is 1. The molecule has 3 N–H and O–H groups in total. The number of carboxylic acids is 1. The number of aromatic carboxylic acids is 1. The van der Waals surface area contributed by atoms with E-state index in [0.29, 0.717) is 43.5 Å². The molecule has 11 heteroatoms. The summed E-state index contributed by atoms with van der Waals surface area (Å²) in [5.74, 6) is 0.403. The predicted octanol–water partition coefficient (Wildman–Crippen LogP) is 5.14. The minimum Gasteiger partial charge on any atom is -0.490 e. The van der Waals surface area contributed by atoms with Crippen LogP contribution in [0.25, 0.3) is 0 Å². The molecule has 5 atom stereocenters. The molecule has 1 saturated carbocycles. The Balaban J connectivity index is 1.22. The molecule has 1 unspecified atom stereocenters. The van der Waals surface area contributed by atoms with Crippen LogP contribution in [-0.4, -0.2) is 56.3 Å². The molecule has 2 aliphatic heterocycles. The van der Waals surface area contributed by atoms with E-state index in [0.717, 1.165) is 61.6 Å². The molecule has 0 saturated heterocycles. The number of nitrogens with two attached hydrogens (primary N) is 1. The molecular formula is C31H38ClN3O6S. The predicted molar refractivity (Wildman–Crippen MR) is 162 cm³/mol. The maximum atomic E-state index is 11.9. The van der Waals surface area contributed by atoms with Gasteiger partial charge in [0.2, 0.25) is 10.0 Å². The molecule has 0 bridgehead atoms. The van der Waals surface area contributed by atoms with Crippen molar-refractivity contribution < 1.29 is 27.9 Å². The van der Waals surface area contributed by atoms with Crippen LogP contribution in [0.15, 0.2) is 41.6 Å². The number of aryl methyl sites for hydroxylation is 1. The van der Waals surface area contributed by atoms with E-state index in [-0.39, 0.29) is 17.1 Å². The molecule has 1 fully saturated rings. The first-order chi connectivity index (χ1) is 20.0. The van der Waals surface area contributed by atoms with Gasteiger partial charge in [0.15, 0.2) is 0 Å². The lowest BCUT2D eigenvalue weighted by molar-refractivity contribution is -0.0213. The van der Waals surface area contributed by atoms with Gasteiger partial charge in [-0.15, -0.1) is 0 Å². The number of benzene rings is 2. The van der Waals surface area contributed by atoms with Crippen molar-refractivity contribution in [3.05, 3.63) is 58.1 Å². The van der Waals surface area contributed by atoms with Gasteiger partial charge in [-0.25, -0.2) is 18.4 Å². The molecule has 0 aromatic heterocycles. The standard InChI is InChI=1S/C31H38ClN3O6S/c1-19(42(33,38)39)4-8-24-15-29(41-34-24)25-9-5-22(25)16-35-17-31(12-2-3-20-13-23(32)7-10-26(20)31)18-40-28-11-6-21(30(36)37)14-27(28)35/h6-7,10-11,13-14,19,22,25,29H,2-5,8-9,12,15-18H2,1H3,(H,36,37)(H2,33,38,39)/t19-,22+,25-,29+,31?/m1/s1. The Bertz CT molecular complexity index is 1510. The van der Waals surface area contributed by atoms with E-state index < -0.39 is 21.2 Å². The Labute approximate surface area is 252 Å². The van der Waals surface area contributed by atoms with Gasteiger partial charge in [0.05, 0.1) is 28.8 Å². The number of sulfonamides is 1. The number of hydrogen-bond donors (Lipinski definition) is 2. The van der Waals surface area contributed by atoms with Gasteiger partial charge in [-0.1, -0.05) is 22.8 Å². The molecule has 226 valence electrons. The zero-order valence-corrected chi connectivity index (χ0v) is 25.4. The number of primary sulfonamides is 1. The van der Waals surface area contributed by atoms with Crippen molar-refractivity contribution in [3.63, 3.8) is 0 Å². The summed E-state index contributed by atoms with van der Waals surface area (Å²) in [7, 11) is -3.57. The Kier molecular flexibility index (Phi) is 7.91. The summed E-state index contributed by atoms with van der Waals surface area (Å²) < 4.78 is 29.7. The highest BCUT2D eigenvalue weighted by Crippen LogP contribution is 2.47. The molecule has 2 aliphatic carbocycles. The van der Waals surface area contributed by atoms with E-state index in [4.69, 9.17) is 26.3 Å². The Morgan fingerprint density at radius 2 is 2.10 bits per heavy atom. The van der Waals surface area contributed by atoms with Crippen LogP contribution >= 0.6 is 11.6 Å². The first kappa shape index (κ1) is 29.3. The van der Waals surface area contributed by atoms with Gasteiger partial charge in [0.1, 0.15) is 11.9 Å². The van der Waals surface area contributed by atoms with Crippen molar-refractivity contribution in [2.45, 2.75) is 75.1 Å². The van der Waals surface area contributed by atoms with E-state index in [9.17, 15) is 18.3 Å². The summed E-state index contributed by atoms with van der Waals surface area (Å²) in [5, 5.41) is 19.5. The summed E-state index contributed by atoms with van der Waals surface area (Å²) in [6.07, 6.45) is 6.70. The van der Waals surface area contributed by atoms with Gasteiger partial charge >= 0.3 is 5.97 Å². The molecule has 1 spiro atoms. The lowest BCUT2D eigenvalue weighted by Crippen LogP contribution is -2.49. The number of carboxylic acid groups (broad SMARTS) is 1. The average molecular weight is 616 g/mol. The van der Waals surface area contributed by atoms with Gasteiger partial charge in [0, 0.05) is 35.9 Å². The van der Waals surface area contributed by atoms with Crippen LogP contribution in [0.1, 0.15) is 73.4 Å². The topological polar surface area (TPSA) is 132 Å². The summed E-state index contributed by atoms with van der Waals surface area (Å²) in [4.78, 5) is 20.2. The highest BCUT2D eigenvalue weighted by molar-refractivity contribution is 7.89. The molecular weight excluding hydrogens is 578 g/mol. The summed E-state index contributed by atoms with van der Waals surface area (Å²) in [6, 6.07) is 11.3. The third-order valence-corrected chi connectivity index (χ3v) is 11.4. The number of fused-ring (bicyclic) bond motifs is 3. The third-order valence-electron chi connectivity index (χ3n) is 9.85. The van der Waals surface area contributed by atoms with E-state index in [2.05, 4.69) is 22.2 Å². The van der Waals surface area contributed by atoms with Gasteiger partial charge in [0.25, 0.3) is 0 Å². The van der Waals surface area contributed by atoms with Crippen molar-refractivity contribution in [3.8, 4) is 5.75 Å². The number of hydrogen-bond acceptors (Lipinski definition) is 7. The fourth-order valence-electron chi connectivity index (χ4n) is 7.20. The van der Waals surface area contributed by atoms with E-state index >= 15 is 0 Å². The Hall–Kier alpha value is -2.82. The van der Waals surface area contributed by atoms with Gasteiger partial charge in [-0.05, 0) is 99.2 Å². The zero-order valence-electron chi connectivity index (χ0n) is 23.8. The lowest BCUT2D eigenvalue weighted by Gasteiger charge is -2.45. The Morgan fingerprint density at radius 3 is 2.83 bits per heavy atom. The van der Waals surface area contributed by atoms with Gasteiger partial charge < -0.3 is 19.6 Å². The first-order valence-corrected chi connectivity index (χ1v) is 16.8. The second-order valence-corrected chi connectivity index (χ2v) is 15.0. The fourth-order valence-corrected chi connectivity index (χ4v) is 7.84. The molecule has 9 nitrogen and oxygen atoms in total. The largest absolute Gasteiger partial charge is 0.490 e. The van der Waals surface area contributed by atoms with Crippen molar-refractivity contribution in [2.75, 3.05) is 24.6 Å². The maximum absolute atomic E-state index is 11.9.